The number of nitrogens with zero attached hydrogens (tertiary/aromatic N) is 1. The Morgan fingerprint density at radius 1 is 1.00 bits per heavy atom. The first-order valence-electron chi connectivity index (χ1n) is 4.70. The molecular weight excluding hydrogens is 174 g/mol. The Kier molecular flexibility index (Phi) is 2.65. The minimum Gasteiger partial charge on any atom is -0.394 e. The zero-order valence-electron chi connectivity index (χ0n) is 7.88. The Bertz CT molecular complexity index is 366. The second kappa shape index (κ2) is 4.11. The van der Waals surface area contributed by atoms with Gasteiger partial charge >= 0.3 is 0 Å². The number of rotatable bonds is 3. The van der Waals surface area contributed by atoms with Crippen molar-refractivity contribution in [2.75, 3.05) is 6.61 Å². The molecule has 0 bridgehead atoms. The van der Waals surface area contributed by atoms with Crippen LogP contribution in [0.5, 0.6) is 0 Å². The van der Waals surface area contributed by atoms with Gasteiger partial charge in [0.15, 0.2) is 0 Å². The quantitative estimate of drug-likeness (QED) is 0.781. The third-order valence-corrected chi connectivity index (χ3v) is 2.34. The van der Waals surface area contributed by atoms with Gasteiger partial charge < -0.3 is 9.67 Å². The van der Waals surface area contributed by atoms with E-state index in [-0.39, 0.29) is 12.6 Å². The van der Waals surface area contributed by atoms with Crippen molar-refractivity contribution in [2.24, 2.45) is 0 Å². The maximum absolute atomic E-state index is 9.33. The van der Waals surface area contributed by atoms with Crippen molar-refractivity contribution < 1.29 is 5.11 Å². The minimum atomic E-state index is 0.0335. The molecule has 0 unspecified atom stereocenters. The first kappa shape index (κ1) is 9.03. The van der Waals surface area contributed by atoms with Crippen LogP contribution in [0.4, 0.5) is 0 Å². The molecule has 0 radical (unpaired) electrons. The molecule has 2 aromatic rings. The van der Waals surface area contributed by atoms with Crippen LogP contribution in [-0.4, -0.2) is 16.3 Å². The molecule has 1 N–H and O–H groups in total. The van der Waals surface area contributed by atoms with E-state index in [1.165, 1.54) is 0 Å². The van der Waals surface area contributed by atoms with Gasteiger partial charge in [-0.2, -0.15) is 0 Å². The first-order chi connectivity index (χ1) is 6.92. The van der Waals surface area contributed by atoms with E-state index in [9.17, 15) is 5.11 Å². The fourth-order valence-electron chi connectivity index (χ4n) is 1.60. The van der Waals surface area contributed by atoms with Crippen LogP contribution < -0.4 is 0 Å². The lowest BCUT2D eigenvalue weighted by Crippen LogP contribution is -2.12. The van der Waals surface area contributed by atoms with Crippen LogP contribution in [0.25, 0.3) is 0 Å². The van der Waals surface area contributed by atoms with E-state index in [0.29, 0.717) is 0 Å². The average molecular weight is 187 g/mol. The summed E-state index contributed by atoms with van der Waals surface area (Å²) in [5.74, 6) is 0. The molecule has 14 heavy (non-hydrogen) atoms. The average Bonchev–Trinajstić information content (AvgIpc) is 2.74. The molecule has 0 spiro atoms. The standard InChI is InChI=1S/C12H13NO/c14-10-12(13-8-4-5-9-13)11-6-2-1-3-7-11/h1-9,12,14H,10H2/t12-/m0/s1. The molecule has 1 aromatic heterocycles. The third-order valence-electron chi connectivity index (χ3n) is 2.34. The SMILES string of the molecule is OC[C@@H](c1ccccc1)n1cccc1. The monoisotopic (exact) mass is 187 g/mol. The lowest BCUT2D eigenvalue weighted by Gasteiger charge is -2.16. The summed E-state index contributed by atoms with van der Waals surface area (Å²) in [6.07, 6.45) is 3.93. The van der Waals surface area contributed by atoms with Gasteiger partial charge in [0.1, 0.15) is 0 Å². The summed E-state index contributed by atoms with van der Waals surface area (Å²) >= 11 is 0. The van der Waals surface area contributed by atoms with E-state index in [4.69, 9.17) is 0 Å². The summed E-state index contributed by atoms with van der Waals surface area (Å²) in [6.45, 7) is 0.124. The fourth-order valence-corrected chi connectivity index (χ4v) is 1.60. The number of aliphatic hydroxyl groups is 1. The van der Waals surface area contributed by atoms with Gasteiger partial charge in [-0.05, 0) is 17.7 Å². The highest BCUT2D eigenvalue weighted by Gasteiger charge is 2.09. The molecular formula is C12H13NO. The molecule has 0 fully saturated rings. The smallest absolute Gasteiger partial charge is 0.0811 e. The molecule has 0 aliphatic carbocycles. The van der Waals surface area contributed by atoms with Crippen LogP contribution in [-0.2, 0) is 0 Å². The Balaban J connectivity index is 2.31. The van der Waals surface area contributed by atoms with E-state index in [1.807, 2.05) is 59.4 Å². The van der Waals surface area contributed by atoms with E-state index >= 15 is 0 Å². The fraction of sp³-hybridized carbons (Fsp3) is 0.167. The van der Waals surface area contributed by atoms with Gasteiger partial charge in [0, 0.05) is 12.4 Å². The van der Waals surface area contributed by atoms with Gasteiger partial charge in [0.25, 0.3) is 0 Å². The largest absolute Gasteiger partial charge is 0.394 e. The predicted molar refractivity (Wildman–Crippen MR) is 56.1 cm³/mol. The Labute approximate surface area is 83.4 Å². The molecule has 1 aromatic carbocycles. The summed E-state index contributed by atoms with van der Waals surface area (Å²) in [6, 6.07) is 14.0. The highest BCUT2D eigenvalue weighted by atomic mass is 16.3. The van der Waals surface area contributed by atoms with Gasteiger partial charge in [-0.15, -0.1) is 0 Å². The van der Waals surface area contributed by atoms with Crippen LogP contribution in [0.15, 0.2) is 54.9 Å². The lowest BCUT2D eigenvalue weighted by atomic mass is 10.1. The van der Waals surface area contributed by atoms with Crippen LogP contribution in [0.1, 0.15) is 11.6 Å². The molecule has 72 valence electrons. The number of aliphatic hydroxyl groups excluding tert-OH is 1. The van der Waals surface area contributed by atoms with Gasteiger partial charge in [0.2, 0.25) is 0 Å². The second-order valence-electron chi connectivity index (χ2n) is 3.24. The van der Waals surface area contributed by atoms with E-state index < -0.39 is 0 Å². The van der Waals surface area contributed by atoms with Crippen molar-refractivity contribution in [1.82, 2.24) is 4.57 Å². The van der Waals surface area contributed by atoms with Crippen molar-refractivity contribution in [3.63, 3.8) is 0 Å². The van der Waals surface area contributed by atoms with E-state index in [0.717, 1.165) is 5.56 Å². The molecule has 0 saturated heterocycles. The molecule has 0 aliphatic heterocycles. The third kappa shape index (κ3) is 1.70. The molecule has 2 nitrogen and oxygen atoms in total. The van der Waals surface area contributed by atoms with Crippen LogP contribution in [0.3, 0.4) is 0 Å². The molecule has 2 heteroatoms. The molecule has 2 rings (SSSR count). The van der Waals surface area contributed by atoms with E-state index in [1.54, 1.807) is 0 Å². The summed E-state index contributed by atoms with van der Waals surface area (Å²) in [5.41, 5.74) is 1.13. The normalized spacial score (nSPS) is 12.6. The lowest BCUT2D eigenvalue weighted by molar-refractivity contribution is 0.249. The van der Waals surface area contributed by atoms with Gasteiger partial charge in [0.05, 0.1) is 12.6 Å². The minimum absolute atomic E-state index is 0.0335. The molecule has 1 heterocycles. The Hall–Kier alpha value is -1.54. The van der Waals surface area contributed by atoms with Crippen LogP contribution >= 0.6 is 0 Å². The summed E-state index contributed by atoms with van der Waals surface area (Å²) in [5, 5.41) is 9.33. The molecule has 0 aliphatic rings. The maximum Gasteiger partial charge on any atom is 0.0811 e. The predicted octanol–water partition coefficient (Wildman–Crippen LogP) is 2.07. The molecule has 0 saturated carbocycles. The Morgan fingerprint density at radius 3 is 2.21 bits per heavy atom. The Morgan fingerprint density at radius 2 is 1.64 bits per heavy atom. The number of hydrogen-bond donors (Lipinski definition) is 1. The first-order valence-corrected chi connectivity index (χ1v) is 4.70. The molecule has 1 atom stereocenters. The van der Waals surface area contributed by atoms with Gasteiger partial charge in [-0.25, -0.2) is 0 Å². The van der Waals surface area contributed by atoms with Crippen LogP contribution in [0, 0.1) is 0 Å². The number of benzene rings is 1. The van der Waals surface area contributed by atoms with E-state index in [2.05, 4.69) is 0 Å². The molecule has 0 amide bonds. The zero-order valence-corrected chi connectivity index (χ0v) is 7.88. The second-order valence-corrected chi connectivity index (χ2v) is 3.24. The summed E-state index contributed by atoms with van der Waals surface area (Å²) in [4.78, 5) is 0. The van der Waals surface area contributed by atoms with Gasteiger partial charge in [-0.3, -0.25) is 0 Å². The highest BCUT2D eigenvalue weighted by Crippen LogP contribution is 2.17. The highest BCUT2D eigenvalue weighted by molar-refractivity contribution is 5.20. The number of hydrogen-bond acceptors (Lipinski definition) is 1. The topological polar surface area (TPSA) is 25.2 Å². The van der Waals surface area contributed by atoms with Crippen molar-refractivity contribution >= 4 is 0 Å². The van der Waals surface area contributed by atoms with Crippen molar-refractivity contribution in [1.29, 1.82) is 0 Å². The van der Waals surface area contributed by atoms with Crippen molar-refractivity contribution in [3.8, 4) is 0 Å². The summed E-state index contributed by atoms with van der Waals surface area (Å²) in [7, 11) is 0. The van der Waals surface area contributed by atoms with Crippen LogP contribution in [0.2, 0.25) is 0 Å². The maximum atomic E-state index is 9.33. The van der Waals surface area contributed by atoms with Crippen molar-refractivity contribution in [3.05, 3.63) is 60.4 Å². The van der Waals surface area contributed by atoms with Gasteiger partial charge in [-0.1, -0.05) is 30.3 Å². The zero-order chi connectivity index (χ0) is 9.80. The van der Waals surface area contributed by atoms with Crippen molar-refractivity contribution in [2.45, 2.75) is 6.04 Å². The number of aromatic nitrogens is 1. The summed E-state index contributed by atoms with van der Waals surface area (Å²) < 4.78 is 2.01.